The lowest BCUT2D eigenvalue weighted by atomic mass is 9.84. The van der Waals surface area contributed by atoms with E-state index in [1.807, 2.05) is 54.6 Å². The number of carboxylic acid groups (broad SMARTS) is 1. The van der Waals surface area contributed by atoms with Crippen LogP contribution in [0.25, 0.3) is 0 Å². The number of carbonyl (C=O) groups is 2. The van der Waals surface area contributed by atoms with Crippen molar-refractivity contribution in [3.8, 4) is 0 Å². The summed E-state index contributed by atoms with van der Waals surface area (Å²) < 4.78 is 6.42. The van der Waals surface area contributed by atoms with Gasteiger partial charge < -0.3 is 14.7 Å². The smallest absolute Gasteiger partial charge is 0.409 e. The predicted molar refractivity (Wildman–Crippen MR) is 126 cm³/mol. The number of aliphatic carboxylic acids is 1. The number of hydrogen-bond acceptors (Lipinski definition) is 3. The number of halogens is 1. The van der Waals surface area contributed by atoms with Gasteiger partial charge in [-0.1, -0.05) is 62.7 Å². The minimum absolute atomic E-state index is 0.144. The van der Waals surface area contributed by atoms with Gasteiger partial charge in [0.05, 0.1) is 5.92 Å². The minimum atomic E-state index is -0.795. The summed E-state index contributed by atoms with van der Waals surface area (Å²) in [5.74, 6) is -1.31. The summed E-state index contributed by atoms with van der Waals surface area (Å²) in [5.41, 5.74) is 1.65. The van der Waals surface area contributed by atoms with Crippen LogP contribution in [0, 0.1) is 8.99 Å². The van der Waals surface area contributed by atoms with E-state index < -0.39 is 11.9 Å². The summed E-state index contributed by atoms with van der Waals surface area (Å²) in [5, 5.41) is 9.65. The quantitative estimate of drug-likeness (QED) is 0.393. The number of hydrogen-bond donors (Lipinski definition) is 1. The maximum Gasteiger partial charge on any atom is 0.409 e. The summed E-state index contributed by atoms with van der Waals surface area (Å²) in [6.07, 6.45) is 1.80. The summed E-state index contributed by atoms with van der Waals surface area (Å²) >= 11 is 2.20. The second kappa shape index (κ2) is 11.3. The zero-order valence-corrected chi connectivity index (χ0v) is 20.0. The Bertz CT molecular complexity index is 838. The van der Waals surface area contributed by atoms with Crippen molar-refractivity contribution in [2.75, 3.05) is 13.6 Å². The monoisotopic (exact) mass is 523 g/mol. The summed E-state index contributed by atoms with van der Waals surface area (Å²) in [7, 11) is 1.74. The van der Waals surface area contributed by atoms with Gasteiger partial charge in [-0.2, -0.15) is 0 Å². The van der Waals surface area contributed by atoms with Gasteiger partial charge in [0, 0.05) is 17.2 Å². The van der Waals surface area contributed by atoms with E-state index in [4.69, 9.17) is 4.74 Å². The fourth-order valence-corrected chi connectivity index (χ4v) is 4.12. The van der Waals surface area contributed by atoms with E-state index in [2.05, 4.69) is 36.4 Å². The average Bonchev–Trinajstić information content (AvgIpc) is 2.69. The Kier molecular flexibility index (Phi) is 9.14. The first-order valence-corrected chi connectivity index (χ1v) is 11.2. The second-order valence-corrected chi connectivity index (χ2v) is 9.64. The number of rotatable bonds is 10. The molecule has 0 fully saturated rings. The van der Waals surface area contributed by atoms with E-state index in [0.29, 0.717) is 13.0 Å². The van der Waals surface area contributed by atoms with E-state index >= 15 is 0 Å². The van der Waals surface area contributed by atoms with Gasteiger partial charge in [-0.15, -0.1) is 0 Å². The second-order valence-electron chi connectivity index (χ2n) is 8.40. The fraction of sp³-hybridized carbons (Fsp3) is 0.417. The van der Waals surface area contributed by atoms with Crippen LogP contribution in [0.2, 0.25) is 0 Å². The maximum absolute atomic E-state index is 12.3. The van der Waals surface area contributed by atoms with Gasteiger partial charge in [0.1, 0.15) is 6.61 Å². The molecular weight excluding hydrogens is 493 g/mol. The summed E-state index contributed by atoms with van der Waals surface area (Å²) in [6.45, 7) is 4.98. The summed E-state index contributed by atoms with van der Waals surface area (Å²) in [4.78, 5) is 25.7. The fourth-order valence-electron chi connectivity index (χ4n) is 3.56. The Labute approximate surface area is 192 Å². The molecule has 0 aliphatic heterocycles. The van der Waals surface area contributed by atoms with Crippen LogP contribution in [0.1, 0.15) is 50.2 Å². The summed E-state index contributed by atoms with van der Waals surface area (Å²) in [6, 6.07) is 17.3. The molecule has 0 saturated heterocycles. The van der Waals surface area contributed by atoms with Crippen molar-refractivity contribution in [3.63, 3.8) is 0 Å². The highest BCUT2D eigenvalue weighted by molar-refractivity contribution is 14.1. The van der Waals surface area contributed by atoms with E-state index in [0.717, 1.165) is 27.5 Å². The van der Waals surface area contributed by atoms with Gasteiger partial charge in [-0.3, -0.25) is 4.79 Å². The molecule has 0 radical (unpaired) electrons. The number of nitrogens with zero attached hydrogens (tertiary/aromatic N) is 1. The Morgan fingerprint density at radius 2 is 1.83 bits per heavy atom. The van der Waals surface area contributed by atoms with Crippen molar-refractivity contribution in [2.24, 2.45) is 5.41 Å². The molecule has 1 N–H and O–H groups in total. The molecule has 0 aliphatic rings. The van der Waals surface area contributed by atoms with Gasteiger partial charge in [0.25, 0.3) is 0 Å². The van der Waals surface area contributed by atoms with E-state index in [-0.39, 0.29) is 18.1 Å². The van der Waals surface area contributed by atoms with Crippen molar-refractivity contribution >= 4 is 34.7 Å². The van der Waals surface area contributed by atoms with Crippen LogP contribution in [0.3, 0.4) is 0 Å². The predicted octanol–water partition coefficient (Wildman–Crippen LogP) is 5.92. The molecule has 5 nitrogen and oxygen atoms in total. The molecular formula is C24H30INO4. The molecule has 1 atom stereocenters. The van der Waals surface area contributed by atoms with Crippen LogP contribution in [0.5, 0.6) is 0 Å². The molecule has 2 rings (SSSR count). The lowest BCUT2D eigenvalue weighted by molar-refractivity contribution is -0.139. The topological polar surface area (TPSA) is 66.8 Å². The first-order valence-electron chi connectivity index (χ1n) is 10.1. The number of carbonyl (C=O) groups excluding carboxylic acids is 1. The molecule has 162 valence electrons. The van der Waals surface area contributed by atoms with Crippen LogP contribution in [0.4, 0.5) is 4.79 Å². The Morgan fingerprint density at radius 1 is 1.13 bits per heavy atom. The third-order valence-electron chi connectivity index (χ3n) is 5.08. The lowest BCUT2D eigenvalue weighted by Gasteiger charge is -2.30. The van der Waals surface area contributed by atoms with Crippen LogP contribution >= 0.6 is 22.6 Å². The van der Waals surface area contributed by atoms with Crippen molar-refractivity contribution in [1.29, 1.82) is 0 Å². The van der Waals surface area contributed by atoms with Crippen molar-refractivity contribution in [1.82, 2.24) is 4.90 Å². The van der Waals surface area contributed by atoms with Gasteiger partial charge in [0.15, 0.2) is 0 Å². The Morgan fingerprint density at radius 3 is 2.47 bits per heavy atom. The molecule has 0 bridgehead atoms. The molecule has 2 aromatic carbocycles. The highest BCUT2D eigenvalue weighted by atomic mass is 127. The molecule has 0 heterocycles. The van der Waals surface area contributed by atoms with E-state index in [1.165, 1.54) is 0 Å². The van der Waals surface area contributed by atoms with Crippen LogP contribution in [0.15, 0.2) is 54.6 Å². The molecule has 2 aromatic rings. The standard InChI is InChI=1S/C24H30INO4/c1-24(2,17-26(3)23(29)30-16-18-9-5-4-6-10-18)14-8-13-21(22(27)28)19-11-7-12-20(25)15-19/h4-7,9-12,15,21H,8,13-14,16-17H2,1-3H3,(H,27,28). The van der Waals surface area contributed by atoms with Crippen molar-refractivity contribution in [2.45, 2.75) is 45.6 Å². The van der Waals surface area contributed by atoms with Gasteiger partial charge in [-0.05, 0) is 64.1 Å². The molecule has 0 aromatic heterocycles. The van der Waals surface area contributed by atoms with Gasteiger partial charge in [-0.25, -0.2) is 4.79 Å². The maximum atomic E-state index is 12.3. The van der Waals surface area contributed by atoms with Gasteiger partial charge in [0.2, 0.25) is 0 Å². The third-order valence-corrected chi connectivity index (χ3v) is 5.75. The molecule has 0 spiro atoms. The zero-order valence-electron chi connectivity index (χ0n) is 17.8. The number of amides is 1. The number of benzene rings is 2. The van der Waals surface area contributed by atoms with Crippen LogP contribution < -0.4 is 0 Å². The van der Waals surface area contributed by atoms with Crippen LogP contribution in [-0.2, 0) is 16.1 Å². The highest BCUT2D eigenvalue weighted by Crippen LogP contribution is 2.29. The van der Waals surface area contributed by atoms with Crippen molar-refractivity contribution < 1.29 is 19.4 Å². The first-order chi connectivity index (χ1) is 14.2. The number of ether oxygens (including phenoxy) is 1. The molecule has 30 heavy (non-hydrogen) atoms. The molecule has 1 amide bonds. The average molecular weight is 523 g/mol. The normalized spacial score (nSPS) is 12.3. The third kappa shape index (κ3) is 7.97. The van der Waals surface area contributed by atoms with Crippen LogP contribution in [-0.4, -0.2) is 35.7 Å². The highest BCUT2D eigenvalue weighted by Gasteiger charge is 2.25. The van der Waals surface area contributed by atoms with E-state index in [1.54, 1.807) is 11.9 Å². The first kappa shape index (κ1) is 24.2. The van der Waals surface area contributed by atoms with Gasteiger partial charge >= 0.3 is 12.1 Å². The minimum Gasteiger partial charge on any atom is -0.481 e. The SMILES string of the molecule is CN(CC(C)(C)CCCC(C(=O)O)c1cccc(I)c1)C(=O)OCc1ccccc1. The Balaban J connectivity index is 1.83. The molecule has 6 heteroatoms. The van der Waals surface area contributed by atoms with Crippen molar-refractivity contribution in [3.05, 3.63) is 69.3 Å². The number of carboxylic acids is 1. The molecule has 1 unspecified atom stereocenters. The largest absolute Gasteiger partial charge is 0.481 e. The lowest BCUT2D eigenvalue weighted by Crippen LogP contribution is -2.36. The van der Waals surface area contributed by atoms with E-state index in [9.17, 15) is 14.7 Å². The Hall–Kier alpha value is -2.09. The molecule has 0 saturated carbocycles. The zero-order chi connectivity index (χ0) is 22.1. The molecule has 0 aliphatic carbocycles.